The predicted molar refractivity (Wildman–Crippen MR) is 162 cm³/mol. The van der Waals surface area contributed by atoms with Gasteiger partial charge in [-0.15, -0.1) is 22.7 Å². The molecule has 0 aliphatic heterocycles. The largest absolute Gasteiger partial charge is 0.497 e. The zero-order valence-corrected chi connectivity index (χ0v) is 24.7. The average molecular weight is 577 g/mol. The van der Waals surface area contributed by atoms with E-state index in [1.807, 2.05) is 81.2 Å². The molecule has 0 bridgehead atoms. The number of hydrogen-bond donors (Lipinski definition) is 0. The second-order valence-electron chi connectivity index (χ2n) is 9.56. The molecule has 8 heteroatoms. The van der Waals surface area contributed by atoms with E-state index >= 15 is 0 Å². The molecule has 6 nitrogen and oxygen atoms in total. The van der Waals surface area contributed by atoms with Gasteiger partial charge in [-0.3, -0.25) is 9.59 Å². The Morgan fingerprint density at radius 3 is 1.32 bits per heavy atom. The third-order valence-corrected chi connectivity index (χ3v) is 8.38. The van der Waals surface area contributed by atoms with Gasteiger partial charge in [-0.2, -0.15) is 0 Å². The van der Waals surface area contributed by atoms with E-state index in [2.05, 4.69) is 12.1 Å². The first-order valence-electron chi connectivity index (χ1n) is 13.4. The summed E-state index contributed by atoms with van der Waals surface area (Å²) in [6.45, 7) is 2.24. The molecule has 2 aromatic carbocycles. The van der Waals surface area contributed by atoms with Gasteiger partial charge in [0.1, 0.15) is 11.5 Å². The molecule has 0 atom stereocenters. The highest BCUT2D eigenvalue weighted by atomic mass is 32.1. The molecule has 0 saturated carbocycles. The van der Waals surface area contributed by atoms with Crippen molar-refractivity contribution in [3.05, 3.63) is 104 Å². The van der Waals surface area contributed by atoms with E-state index in [1.54, 1.807) is 36.9 Å². The number of nitrogens with zero attached hydrogens (tertiary/aromatic N) is 2. The second-order valence-corrected chi connectivity index (χ2v) is 11.6. The molecule has 4 aromatic rings. The van der Waals surface area contributed by atoms with E-state index in [1.165, 1.54) is 0 Å². The summed E-state index contributed by atoms with van der Waals surface area (Å²) in [5.74, 6) is 1.80. The van der Waals surface area contributed by atoms with Gasteiger partial charge in [-0.25, -0.2) is 0 Å². The van der Waals surface area contributed by atoms with Crippen molar-refractivity contribution in [2.24, 2.45) is 0 Å². The van der Waals surface area contributed by atoms with Crippen LogP contribution in [0.15, 0.2) is 83.6 Å². The molecule has 0 N–H and O–H groups in total. The zero-order chi connectivity index (χ0) is 28.2. The molecule has 210 valence electrons. The number of methoxy groups -OCH3 is 2. The number of carbonyl (C=O) groups excluding carboxylic acids is 2. The molecular formula is C32H36N2O4S2. The molecule has 2 amide bonds. The van der Waals surface area contributed by atoms with Gasteiger partial charge in [0, 0.05) is 35.7 Å². The zero-order valence-electron chi connectivity index (χ0n) is 23.1. The molecule has 40 heavy (non-hydrogen) atoms. The lowest BCUT2D eigenvalue weighted by molar-refractivity contribution is -0.134. The van der Waals surface area contributed by atoms with Crippen molar-refractivity contribution in [2.75, 3.05) is 14.2 Å². The first kappa shape index (κ1) is 29.4. The maximum absolute atomic E-state index is 13.3. The van der Waals surface area contributed by atoms with Crippen LogP contribution in [0.1, 0.15) is 46.6 Å². The summed E-state index contributed by atoms with van der Waals surface area (Å²) in [6.07, 6.45) is 2.17. The Bertz CT molecular complexity index is 1200. The van der Waals surface area contributed by atoms with Gasteiger partial charge < -0.3 is 19.3 Å². The lowest BCUT2D eigenvalue weighted by atomic mass is 10.1. The van der Waals surface area contributed by atoms with Crippen LogP contribution in [0.3, 0.4) is 0 Å². The Labute approximate surface area is 244 Å². The number of benzene rings is 2. The quantitative estimate of drug-likeness (QED) is 0.141. The molecule has 0 aliphatic rings. The van der Waals surface area contributed by atoms with Gasteiger partial charge in [0.25, 0.3) is 0 Å². The van der Waals surface area contributed by atoms with Gasteiger partial charge in [0.05, 0.1) is 27.3 Å². The molecular weight excluding hydrogens is 540 g/mol. The third kappa shape index (κ3) is 8.96. The highest BCUT2D eigenvalue weighted by Gasteiger charge is 2.18. The number of unbranched alkanes of at least 4 members (excludes halogenated alkanes) is 1. The van der Waals surface area contributed by atoms with Crippen LogP contribution in [-0.4, -0.2) is 35.8 Å². The number of hydrogen-bond acceptors (Lipinski definition) is 6. The van der Waals surface area contributed by atoms with Crippen LogP contribution in [0.5, 0.6) is 11.5 Å². The van der Waals surface area contributed by atoms with Crippen LogP contribution in [0.4, 0.5) is 0 Å². The summed E-state index contributed by atoms with van der Waals surface area (Å²) in [5.41, 5.74) is 2.12. The molecule has 0 unspecified atom stereocenters. The first-order valence-corrected chi connectivity index (χ1v) is 15.2. The normalized spacial score (nSPS) is 10.8. The van der Waals surface area contributed by atoms with Gasteiger partial charge in [-0.1, -0.05) is 36.4 Å². The minimum atomic E-state index is 0.102. The van der Waals surface area contributed by atoms with Gasteiger partial charge in [0.15, 0.2) is 0 Å². The molecule has 2 aromatic heterocycles. The van der Waals surface area contributed by atoms with Crippen LogP contribution in [0, 0.1) is 0 Å². The Hall–Kier alpha value is -3.62. The lowest BCUT2D eigenvalue weighted by Crippen LogP contribution is -2.30. The molecule has 4 rings (SSSR count). The van der Waals surface area contributed by atoms with Gasteiger partial charge >= 0.3 is 0 Å². The Morgan fingerprint density at radius 2 is 1.00 bits per heavy atom. The van der Waals surface area contributed by atoms with Crippen molar-refractivity contribution in [1.29, 1.82) is 0 Å². The van der Waals surface area contributed by atoms with Crippen LogP contribution in [-0.2, 0) is 35.8 Å². The third-order valence-electron chi connectivity index (χ3n) is 6.66. The standard InChI is InChI=1S/C32H36N2O4S2/c1-37-27-15-11-25(12-16-27)21-33(23-29-7-5-19-39-29)31(35)9-3-4-10-32(36)34(24-30-8-6-20-40-30)22-26-13-17-28(38-2)18-14-26/h5-8,11-20H,3-4,9-10,21-24H2,1-2H3. The minimum Gasteiger partial charge on any atom is -0.497 e. The highest BCUT2D eigenvalue weighted by Crippen LogP contribution is 2.21. The number of thiophene rings is 2. The number of ether oxygens (including phenoxy) is 2. The Kier molecular flexibility index (Phi) is 11.2. The Balaban J connectivity index is 1.32. The van der Waals surface area contributed by atoms with Crippen molar-refractivity contribution in [3.63, 3.8) is 0 Å². The van der Waals surface area contributed by atoms with Crippen molar-refractivity contribution < 1.29 is 19.1 Å². The second kappa shape index (κ2) is 15.2. The van der Waals surface area contributed by atoms with Gasteiger partial charge in [-0.05, 0) is 71.1 Å². The predicted octanol–water partition coefficient (Wildman–Crippen LogP) is 7.15. The van der Waals surface area contributed by atoms with Crippen LogP contribution < -0.4 is 9.47 Å². The fourth-order valence-electron chi connectivity index (χ4n) is 4.42. The van der Waals surface area contributed by atoms with Crippen LogP contribution >= 0.6 is 22.7 Å². The average Bonchev–Trinajstić information content (AvgIpc) is 3.70. The SMILES string of the molecule is COc1ccc(CN(Cc2cccs2)C(=O)CCCCC(=O)N(Cc2ccc(OC)cc2)Cc2cccs2)cc1. The van der Waals surface area contributed by atoms with E-state index in [0.717, 1.165) is 32.4 Å². The smallest absolute Gasteiger partial charge is 0.223 e. The maximum atomic E-state index is 13.3. The Morgan fingerprint density at radius 1 is 0.600 bits per heavy atom. The first-order chi connectivity index (χ1) is 19.5. The van der Waals surface area contributed by atoms with Crippen molar-refractivity contribution >= 4 is 34.5 Å². The summed E-state index contributed by atoms with van der Waals surface area (Å²) >= 11 is 3.31. The highest BCUT2D eigenvalue weighted by molar-refractivity contribution is 7.10. The fraction of sp³-hybridized carbons (Fsp3) is 0.312. The molecule has 2 heterocycles. The van der Waals surface area contributed by atoms with E-state index < -0.39 is 0 Å². The fourth-order valence-corrected chi connectivity index (χ4v) is 5.86. The molecule has 0 spiro atoms. The van der Waals surface area contributed by atoms with Crippen LogP contribution in [0.2, 0.25) is 0 Å². The number of amides is 2. The van der Waals surface area contributed by atoms with Crippen LogP contribution in [0.25, 0.3) is 0 Å². The molecule has 0 radical (unpaired) electrons. The lowest BCUT2D eigenvalue weighted by Gasteiger charge is -2.24. The minimum absolute atomic E-state index is 0.102. The summed E-state index contributed by atoms with van der Waals surface area (Å²) in [6, 6.07) is 23.8. The van der Waals surface area contributed by atoms with Crippen molar-refractivity contribution in [1.82, 2.24) is 9.80 Å². The summed E-state index contributed by atoms with van der Waals surface area (Å²) < 4.78 is 10.5. The number of rotatable bonds is 15. The van der Waals surface area contributed by atoms with E-state index in [-0.39, 0.29) is 11.8 Å². The topological polar surface area (TPSA) is 59.1 Å². The monoisotopic (exact) mass is 576 g/mol. The molecule has 0 fully saturated rings. The summed E-state index contributed by atoms with van der Waals surface area (Å²) in [7, 11) is 3.29. The van der Waals surface area contributed by atoms with E-state index in [9.17, 15) is 9.59 Å². The number of carbonyl (C=O) groups is 2. The molecule has 0 aliphatic carbocycles. The van der Waals surface area contributed by atoms with E-state index in [4.69, 9.17) is 9.47 Å². The maximum Gasteiger partial charge on any atom is 0.223 e. The summed E-state index contributed by atoms with van der Waals surface area (Å²) in [4.78, 5) is 32.7. The summed E-state index contributed by atoms with van der Waals surface area (Å²) in [5, 5.41) is 4.07. The van der Waals surface area contributed by atoms with Crippen molar-refractivity contribution in [2.45, 2.75) is 51.9 Å². The van der Waals surface area contributed by atoms with E-state index in [0.29, 0.717) is 51.9 Å². The van der Waals surface area contributed by atoms with Crippen molar-refractivity contribution in [3.8, 4) is 11.5 Å². The van der Waals surface area contributed by atoms with Gasteiger partial charge in [0.2, 0.25) is 11.8 Å². The molecule has 0 saturated heterocycles.